The molecule has 0 bridgehead atoms. The second-order valence-corrected chi connectivity index (χ2v) is 9.30. The summed E-state index contributed by atoms with van der Waals surface area (Å²) in [4.78, 5) is 21.1. The minimum atomic E-state index is -0.440. The van der Waals surface area contributed by atoms with E-state index in [1.165, 1.54) is 5.56 Å². The third-order valence-corrected chi connectivity index (χ3v) is 5.34. The highest BCUT2D eigenvalue weighted by Crippen LogP contribution is 2.27. The number of piperidine rings is 1. The summed E-state index contributed by atoms with van der Waals surface area (Å²) in [5.41, 5.74) is 0.958. The normalized spacial score (nSPS) is 17.0. The lowest BCUT2D eigenvalue weighted by molar-refractivity contribution is 0.0168. The molecule has 0 unspecified atom stereocenters. The van der Waals surface area contributed by atoms with Crippen LogP contribution in [0, 0.1) is 5.92 Å². The van der Waals surface area contributed by atoms with Crippen molar-refractivity contribution in [2.75, 3.05) is 26.2 Å². The number of amides is 1. The first-order chi connectivity index (χ1) is 12.6. The monoisotopic (exact) mass is 375 g/mol. The Morgan fingerprint density at radius 2 is 1.93 bits per heavy atom. The molecule has 5 nitrogen and oxygen atoms in total. The van der Waals surface area contributed by atoms with Gasteiger partial charge in [0.05, 0.1) is 0 Å². The van der Waals surface area contributed by atoms with E-state index < -0.39 is 5.60 Å². The van der Waals surface area contributed by atoms with Crippen LogP contribution in [0.5, 0.6) is 0 Å². The van der Waals surface area contributed by atoms with Gasteiger partial charge in [-0.25, -0.2) is 4.79 Å². The Labute approximate surface area is 165 Å². The van der Waals surface area contributed by atoms with E-state index in [0.29, 0.717) is 12.5 Å². The van der Waals surface area contributed by atoms with E-state index in [9.17, 15) is 4.79 Å². The van der Waals surface area contributed by atoms with Crippen LogP contribution in [0.25, 0.3) is 0 Å². The van der Waals surface area contributed by atoms with E-state index in [0.717, 1.165) is 38.9 Å². The number of pyridine rings is 1. The van der Waals surface area contributed by atoms with Crippen molar-refractivity contribution in [2.45, 2.75) is 71.9 Å². The zero-order valence-electron chi connectivity index (χ0n) is 18.0. The number of carbonyl (C=O) groups excluding carboxylic acids is 1. The van der Waals surface area contributed by atoms with Crippen molar-refractivity contribution in [1.29, 1.82) is 0 Å². The first-order valence-electron chi connectivity index (χ1n) is 10.2. The number of likely N-dealkylation sites (tertiary alicyclic amines) is 1. The topological polar surface area (TPSA) is 45.7 Å². The van der Waals surface area contributed by atoms with Gasteiger partial charge in [0.25, 0.3) is 0 Å². The third kappa shape index (κ3) is 6.80. The molecular weight excluding hydrogens is 338 g/mol. The Morgan fingerprint density at radius 3 is 2.44 bits per heavy atom. The average Bonchev–Trinajstić information content (AvgIpc) is 2.59. The van der Waals surface area contributed by atoms with Crippen LogP contribution in [-0.4, -0.2) is 58.2 Å². The maximum absolute atomic E-state index is 12.4. The zero-order chi connectivity index (χ0) is 20.1. The molecule has 2 rings (SSSR count). The predicted molar refractivity (Wildman–Crippen MR) is 110 cm³/mol. The molecule has 0 aromatic carbocycles. The molecule has 152 valence electrons. The van der Waals surface area contributed by atoms with Crippen molar-refractivity contribution in [2.24, 2.45) is 5.92 Å². The number of aromatic nitrogens is 1. The van der Waals surface area contributed by atoms with Gasteiger partial charge in [-0.05, 0) is 91.4 Å². The fourth-order valence-corrected chi connectivity index (χ4v) is 3.81. The number of hydrogen-bond donors (Lipinski definition) is 0. The summed E-state index contributed by atoms with van der Waals surface area (Å²) in [7, 11) is 0. The standard InChI is InChI=1S/C22H37N3O2/c1-7-24(20(26)27-21(2,3)4)17-18-10-13-25(14-11-18)22(5,6)15-19-9-8-12-23-16-19/h8-9,12,16,18H,7,10-11,13-15,17H2,1-6H3. The van der Waals surface area contributed by atoms with E-state index in [1.54, 1.807) is 0 Å². The Balaban J connectivity index is 1.85. The van der Waals surface area contributed by atoms with Crippen LogP contribution in [0.3, 0.4) is 0 Å². The summed E-state index contributed by atoms with van der Waals surface area (Å²) in [6.45, 7) is 16.1. The maximum atomic E-state index is 12.4. The lowest BCUT2D eigenvalue weighted by Crippen LogP contribution is -2.51. The molecule has 1 saturated heterocycles. The molecule has 1 aliphatic heterocycles. The molecule has 0 radical (unpaired) electrons. The van der Waals surface area contributed by atoms with Crippen LogP contribution < -0.4 is 0 Å². The first-order valence-corrected chi connectivity index (χ1v) is 10.2. The van der Waals surface area contributed by atoms with Gasteiger partial charge < -0.3 is 9.64 Å². The van der Waals surface area contributed by atoms with Crippen molar-refractivity contribution < 1.29 is 9.53 Å². The summed E-state index contributed by atoms with van der Waals surface area (Å²) in [5.74, 6) is 0.544. The minimum absolute atomic E-state index is 0.115. The van der Waals surface area contributed by atoms with Gasteiger partial charge in [0, 0.05) is 31.0 Å². The van der Waals surface area contributed by atoms with Gasteiger partial charge in [0.1, 0.15) is 5.60 Å². The number of carbonyl (C=O) groups is 1. The Hall–Kier alpha value is -1.62. The average molecular weight is 376 g/mol. The molecule has 0 N–H and O–H groups in total. The summed E-state index contributed by atoms with van der Waals surface area (Å²) >= 11 is 0. The molecule has 2 heterocycles. The van der Waals surface area contributed by atoms with E-state index in [2.05, 4.69) is 29.8 Å². The highest BCUT2D eigenvalue weighted by atomic mass is 16.6. The molecule has 5 heteroatoms. The third-order valence-electron chi connectivity index (χ3n) is 5.34. The second-order valence-electron chi connectivity index (χ2n) is 9.30. The molecule has 1 aliphatic rings. The molecule has 1 aromatic rings. The van der Waals surface area contributed by atoms with E-state index in [1.807, 2.05) is 51.1 Å². The van der Waals surface area contributed by atoms with Crippen molar-refractivity contribution in [3.63, 3.8) is 0 Å². The van der Waals surface area contributed by atoms with Gasteiger partial charge in [-0.2, -0.15) is 0 Å². The highest BCUT2D eigenvalue weighted by Gasteiger charge is 2.32. The second kappa shape index (κ2) is 9.05. The Kier molecular flexibility index (Phi) is 7.26. The van der Waals surface area contributed by atoms with E-state index in [4.69, 9.17) is 4.74 Å². The van der Waals surface area contributed by atoms with Crippen LogP contribution in [-0.2, 0) is 11.2 Å². The summed E-state index contributed by atoms with van der Waals surface area (Å²) < 4.78 is 5.54. The van der Waals surface area contributed by atoms with Gasteiger partial charge in [-0.3, -0.25) is 9.88 Å². The van der Waals surface area contributed by atoms with Gasteiger partial charge >= 0.3 is 6.09 Å². The summed E-state index contributed by atoms with van der Waals surface area (Å²) in [6.07, 6.45) is 6.85. The summed E-state index contributed by atoms with van der Waals surface area (Å²) in [5, 5.41) is 0. The van der Waals surface area contributed by atoms with Crippen LogP contribution in [0.1, 0.15) is 59.9 Å². The molecule has 0 atom stereocenters. The minimum Gasteiger partial charge on any atom is -0.444 e. The van der Waals surface area contributed by atoms with Crippen LogP contribution in [0.2, 0.25) is 0 Å². The Bertz CT molecular complexity index is 587. The molecule has 0 aliphatic carbocycles. The quantitative estimate of drug-likeness (QED) is 0.740. The molecule has 1 aromatic heterocycles. The summed E-state index contributed by atoms with van der Waals surface area (Å²) in [6, 6.07) is 4.16. The molecule has 27 heavy (non-hydrogen) atoms. The number of nitrogens with zero attached hydrogens (tertiary/aromatic N) is 3. The van der Waals surface area contributed by atoms with Crippen molar-refractivity contribution in [1.82, 2.24) is 14.8 Å². The maximum Gasteiger partial charge on any atom is 0.410 e. The van der Waals surface area contributed by atoms with Crippen molar-refractivity contribution in [3.05, 3.63) is 30.1 Å². The van der Waals surface area contributed by atoms with Crippen molar-refractivity contribution in [3.8, 4) is 0 Å². The molecule has 0 saturated carbocycles. The van der Waals surface area contributed by atoms with E-state index >= 15 is 0 Å². The lowest BCUT2D eigenvalue weighted by Gasteiger charge is -2.44. The SMILES string of the molecule is CCN(CC1CCN(C(C)(C)Cc2cccnc2)CC1)C(=O)OC(C)(C)C. The Morgan fingerprint density at radius 1 is 1.26 bits per heavy atom. The van der Waals surface area contributed by atoms with Gasteiger partial charge in [-0.15, -0.1) is 0 Å². The van der Waals surface area contributed by atoms with Gasteiger partial charge in [0.15, 0.2) is 0 Å². The van der Waals surface area contributed by atoms with E-state index in [-0.39, 0.29) is 11.6 Å². The van der Waals surface area contributed by atoms with Gasteiger partial charge in [0.2, 0.25) is 0 Å². The molecule has 1 fully saturated rings. The largest absolute Gasteiger partial charge is 0.444 e. The first kappa shape index (κ1) is 21.7. The predicted octanol–water partition coefficient (Wildman–Crippen LogP) is 4.37. The van der Waals surface area contributed by atoms with Crippen LogP contribution >= 0.6 is 0 Å². The highest BCUT2D eigenvalue weighted by molar-refractivity contribution is 5.68. The zero-order valence-corrected chi connectivity index (χ0v) is 18.0. The smallest absolute Gasteiger partial charge is 0.410 e. The van der Waals surface area contributed by atoms with Crippen LogP contribution in [0.15, 0.2) is 24.5 Å². The van der Waals surface area contributed by atoms with Crippen molar-refractivity contribution >= 4 is 6.09 Å². The fourth-order valence-electron chi connectivity index (χ4n) is 3.81. The molecule has 0 spiro atoms. The van der Waals surface area contributed by atoms with Gasteiger partial charge in [-0.1, -0.05) is 6.07 Å². The molecular formula is C22H37N3O2. The number of ether oxygens (including phenoxy) is 1. The molecule has 1 amide bonds. The fraction of sp³-hybridized carbons (Fsp3) is 0.727. The van der Waals surface area contributed by atoms with Crippen LogP contribution in [0.4, 0.5) is 4.79 Å². The lowest BCUT2D eigenvalue weighted by atomic mass is 9.88. The number of hydrogen-bond acceptors (Lipinski definition) is 4. The number of rotatable bonds is 6.